The van der Waals surface area contributed by atoms with Gasteiger partial charge in [0.05, 0.1) is 14.2 Å². The Morgan fingerprint density at radius 1 is 1.06 bits per heavy atom. The second kappa shape index (κ2) is 10.8. The van der Waals surface area contributed by atoms with Crippen LogP contribution in [0.2, 0.25) is 0 Å². The highest BCUT2D eigenvalue weighted by atomic mass is 79.9. The van der Waals surface area contributed by atoms with Crippen molar-refractivity contribution >= 4 is 39.7 Å². The van der Waals surface area contributed by atoms with Gasteiger partial charge in [-0.05, 0) is 55.1 Å². The standard InChI is InChI=1S/C25H22BrN3O5S/c1-4-29-23(16-11-19(32-2)13-20(12-16)33-3)27-28-25(29)35-22(24(30)31)14-18-9-10-21(34-18)15-5-7-17(26)8-6-15/h5-14H,4H2,1-3H3,(H,30,31)/b22-14-. The van der Waals surface area contributed by atoms with Crippen molar-refractivity contribution in [1.82, 2.24) is 14.8 Å². The second-order valence-electron chi connectivity index (χ2n) is 7.28. The number of aliphatic carboxylic acids is 1. The number of ether oxygens (including phenoxy) is 2. The zero-order chi connectivity index (χ0) is 24.9. The summed E-state index contributed by atoms with van der Waals surface area (Å²) in [5.41, 5.74) is 1.63. The lowest BCUT2D eigenvalue weighted by atomic mass is 10.2. The van der Waals surface area contributed by atoms with Crippen LogP contribution in [0.4, 0.5) is 0 Å². The summed E-state index contributed by atoms with van der Waals surface area (Å²) in [5.74, 6) is 1.78. The average Bonchev–Trinajstić information content (AvgIpc) is 3.50. The van der Waals surface area contributed by atoms with E-state index in [1.165, 1.54) is 6.08 Å². The van der Waals surface area contributed by atoms with E-state index in [0.29, 0.717) is 40.5 Å². The Kier molecular flexibility index (Phi) is 7.62. The van der Waals surface area contributed by atoms with Crippen molar-refractivity contribution in [3.05, 3.63) is 69.7 Å². The highest BCUT2D eigenvalue weighted by Crippen LogP contribution is 2.34. The fourth-order valence-electron chi connectivity index (χ4n) is 3.36. The van der Waals surface area contributed by atoms with Crippen LogP contribution in [0.5, 0.6) is 11.5 Å². The molecular weight excluding hydrogens is 534 g/mol. The first-order valence-corrected chi connectivity index (χ1v) is 12.2. The van der Waals surface area contributed by atoms with E-state index in [4.69, 9.17) is 13.9 Å². The summed E-state index contributed by atoms with van der Waals surface area (Å²) in [4.78, 5) is 12.1. The molecule has 0 fully saturated rings. The molecule has 0 bridgehead atoms. The third-order valence-electron chi connectivity index (χ3n) is 5.08. The van der Waals surface area contributed by atoms with Gasteiger partial charge in [0.15, 0.2) is 11.0 Å². The molecule has 2 aromatic heterocycles. The summed E-state index contributed by atoms with van der Waals surface area (Å²) in [5, 5.41) is 18.9. The van der Waals surface area contributed by atoms with Gasteiger partial charge in [-0.15, -0.1) is 10.2 Å². The maximum absolute atomic E-state index is 12.0. The molecule has 180 valence electrons. The van der Waals surface area contributed by atoms with Crippen molar-refractivity contribution in [3.8, 4) is 34.2 Å². The fraction of sp³-hybridized carbons (Fsp3) is 0.160. The average molecular weight is 556 g/mol. The third kappa shape index (κ3) is 5.60. The molecule has 0 aliphatic carbocycles. The van der Waals surface area contributed by atoms with Gasteiger partial charge in [-0.1, -0.05) is 28.1 Å². The molecule has 0 aliphatic rings. The number of hydrogen-bond donors (Lipinski definition) is 1. The van der Waals surface area contributed by atoms with Crippen LogP contribution < -0.4 is 9.47 Å². The second-order valence-corrected chi connectivity index (χ2v) is 9.20. The Bertz CT molecular complexity index is 1360. The van der Waals surface area contributed by atoms with Gasteiger partial charge in [0.2, 0.25) is 0 Å². The lowest BCUT2D eigenvalue weighted by Crippen LogP contribution is -2.03. The van der Waals surface area contributed by atoms with Crippen molar-refractivity contribution in [2.75, 3.05) is 14.2 Å². The van der Waals surface area contributed by atoms with E-state index >= 15 is 0 Å². The van der Waals surface area contributed by atoms with E-state index < -0.39 is 5.97 Å². The summed E-state index contributed by atoms with van der Waals surface area (Å²) in [7, 11) is 3.15. The number of nitrogens with zero attached hydrogens (tertiary/aromatic N) is 3. The highest BCUT2D eigenvalue weighted by molar-refractivity contribution is 9.10. The number of halogens is 1. The van der Waals surface area contributed by atoms with Crippen LogP contribution in [0, 0.1) is 0 Å². The number of benzene rings is 2. The first-order valence-electron chi connectivity index (χ1n) is 10.6. The lowest BCUT2D eigenvalue weighted by Gasteiger charge is -2.10. The molecule has 10 heteroatoms. The molecule has 0 saturated carbocycles. The van der Waals surface area contributed by atoms with E-state index in [0.717, 1.165) is 27.4 Å². The van der Waals surface area contributed by atoms with Crippen LogP contribution in [-0.4, -0.2) is 40.1 Å². The normalized spacial score (nSPS) is 11.5. The Morgan fingerprint density at radius 3 is 2.34 bits per heavy atom. The predicted octanol–water partition coefficient (Wildman–Crippen LogP) is 6.22. The Morgan fingerprint density at radius 2 is 1.74 bits per heavy atom. The lowest BCUT2D eigenvalue weighted by molar-refractivity contribution is -0.131. The van der Waals surface area contributed by atoms with Gasteiger partial charge in [0.1, 0.15) is 27.9 Å². The molecule has 2 heterocycles. The molecule has 0 amide bonds. The number of carbonyl (C=O) groups is 1. The Balaban J connectivity index is 1.65. The van der Waals surface area contributed by atoms with Crippen LogP contribution in [-0.2, 0) is 11.3 Å². The third-order valence-corrected chi connectivity index (χ3v) is 6.61. The zero-order valence-corrected chi connectivity index (χ0v) is 21.6. The first-order chi connectivity index (χ1) is 16.9. The van der Waals surface area contributed by atoms with Gasteiger partial charge in [-0.2, -0.15) is 0 Å². The molecule has 0 atom stereocenters. The summed E-state index contributed by atoms with van der Waals surface area (Å²) < 4.78 is 19.4. The van der Waals surface area contributed by atoms with Crippen LogP contribution in [0.1, 0.15) is 12.7 Å². The molecule has 4 rings (SSSR count). The number of rotatable bonds is 9. The maximum Gasteiger partial charge on any atom is 0.342 e. The number of carboxylic acid groups (broad SMARTS) is 1. The molecule has 0 aliphatic heterocycles. The number of furan rings is 1. The molecular formula is C25H22BrN3O5S. The summed E-state index contributed by atoms with van der Waals surface area (Å²) in [6.45, 7) is 2.47. The van der Waals surface area contributed by atoms with E-state index in [1.54, 1.807) is 26.4 Å². The Labute approximate surface area is 214 Å². The SMILES string of the molecule is CCn1c(S/C(=C\c2ccc(-c3ccc(Br)cc3)o2)C(=O)O)nnc1-c1cc(OC)cc(OC)c1. The number of thioether (sulfide) groups is 1. The molecule has 0 radical (unpaired) electrons. The van der Waals surface area contributed by atoms with Gasteiger partial charge in [-0.3, -0.25) is 0 Å². The minimum Gasteiger partial charge on any atom is -0.497 e. The molecule has 0 spiro atoms. The van der Waals surface area contributed by atoms with Crippen LogP contribution >= 0.6 is 27.7 Å². The maximum atomic E-state index is 12.0. The smallest absolute Gasteiger partial charge is 0.342 e. The monoisotopic (exact) mass is 555 g/mol. The van der Waals surface area contributed by atoms with E-state index in [1.807, 2.05) is 54.0 Å². The van der Waals surface area contributed by atoms with E-state index in [-0.39, 0.29) is 4.91 Å². The summed E-state index contributed by atoms with van der Waals surface area (Å²) in [6, 6.07) is 16.6. The minimum absolute atomic E-state index is 0.0542. The number of aromatic nitrogens is 3. The van der Waals surface area contributed by atoms with Crippen LogP contribution in [0.15, 0.2) is 73.5 Å². The molecule has 2 aromatic carbocycles. The molecule has 0 saturated heterocycles. The molecule has 35 heavy (non-hydrogen) atoms. The quantitative estimate of drug-likeness (QED) is 0.192. The van der Waals surface area contributed by atoms with E-state index in [2.05, 4.69) is 26.1 Å². The molecule has 0 unspecified atom stereocenters. The number of hydrogen-bond acceptors (Lipinski definition) is 7. The zero-order valence-electron chi connectivity index (χ0n) is 19.2. The molecule has 1 N–H and O–H groups in total. The van der Waals surface area contributed by atoms with Crippen LogP contribution in [0.25, 0.3) is 28.8 Å². The van der Waals surface area contributed by atoms with Crippen molar-refractivity contribution in [3.63, 3.8) is 0 Å². The van der Waals surface area contributed by atoms with Crippen molar-refractivity contribution in [2.45, 2.75) is 18.6 Å². The predicted molar refractivity (Wildman–Crippen MR) is 138 cm³/mol. The Hall–Kier alpha value is -3.50. The number of carboxylic acids is 1. The minimum atomic E-state index is -1.09. The van der Waals surface area contributed by atoms with Crippen LogP contribution in [0.3, 0.4) is 0 Å². The van der Waals surface area contributed by atoms with Gasteiger partial charge in [0.25, 0.3) is 0 Å². The summed E-state index contributed by atoms with van der Waals surface area (Å²) in [6.07, 6.45) is 1.48. The summed E-state index contributed by atoms with van der Waals surface area (Å²) >= 11 is 4.42. The molecule has 4 aromatic rings. The van der Waals surface area contributed by atoms with Gasteiger partial charge in [-0.25, -0.2) is 4.79 Å². The van der Waals surface area contributed by atoms with Crippen molar-refractivity contribution in [2.24, 2.45) is 0 Å². The van der Waals surface area contributed by atoms with E-state index in [9.17, 15) is 9.90 Å². The van der Waals surface area contributed by atoms with Gasteiger partial charge in [0, 0.05) is 34.3 Å². The fourth-order valence-corrected chi connectivity index (χ4v) is 4.49. The number of methoxy groups -OCH3 is 2. The van der Waals surface area contributed by atoms with Gasteiger partial charge >= 0.3 is 5.97 Å². The highest BCUT2D eigenvalue weighted by Gasteiger charge is 2.20. The van der Waals surface area contributed by atoms with Crippen molar-refractivity contribution in [1.29, 1.82) is 0 Å². The van der Waals surface area contributed by atoms with Gasteiger partial charge < -0.3 is 23.6 Å². The molecule has 8 nitrogen and oxygen atoms in total. The first kappa shape index (κ1) is 24.6. The van der Waals surface area contributed by atoms with Crippen molar-refractivity contribution < 1.29 is 23.8 Å². The largest absolute Gasteiger partial charge is 0.497 e. The topological polar surface area (TPSA) is 99.6 Å².